The van der Waals surface area contributed by atoms with Crippen LogP contribution in [0.1, 0.15) is 17.3 Å². The Kier molecular flexibility index (Phi) is 4.54. The van der Waals surface area contributed by atoms with E-state index >= 15 is 0 Å². The van der Waals surface area contributed by atoms with Gasteiger partial charge in [0.1, 0.15) is 6.61 Å². The van der Waals surface area contributed by atoms with Crippen LogP contribution in [0.4, 0.5) is 13.2 Å². The van der Waals surface area contributed by atoms with Gasteiger partial charge in [0, 0.05) is 10.6 Å². The maximum atomic E-state index is 12.1. The molecule has 1 atom stereocenters. The minimum Gasteiger partial charge on any atom is -0.361 e. The van der Waals surface area contributed by atoms with Gasteiger partial charge in [0.25, 0.3) is 0 Å². The monoisotopic (exact) mass is 266 g/mol. The van der Waals surface area contributed by atoms with E-state index in [1.807, 2.05) is 0 Å². The van der Waals surface area contributed by atoms with Gasteiger partial charge in [0.15, 0.2) is 11.9 Å². The predicted molar refractivity (Wildman–Crippen MR) is 57.3 cm³/mol. The Labute approximate surface area is 101 Å². The molecule has 0 spiro atoms. The first-order valence-electron chi connectivity index (χ1n) is 4.78. The van der Waals surface area contributed by atoms with Gasteiger partial charge >= 0.3 is 6.18 Å². The van der Waals surface area contributed by atoms with Crippen molar-refractivity contribution in [3.63, 3.8) is 0 Å². The summed E-state index contributed by atoms with van der Waals surface area (Å²) in [5.41, 5.74) is 0.229. The van der Waals surface area contributed by atoms with Crippen molar-refractivity contribution >= 4 is 17.4 Å². The van der Waals surface area contributed by atoms with E-state index in [2.05, 4.69) is 4.74 Å². The molecule has 1 aromatic carbocycles. The zero-order chi connectivity index (χ0) is 13.1. The number of ether oxygens (including phenoxy) is 1. The second-order valence-corrected chi connectivity index (χ2v) is 3.86. The maximum absolute atomic E-state index is 12.1. The van der Waals surface area contributed by atoms with Gasteiger partial charge in [-0.1, -0.05) is 23.7 Å². The second-order valence-electron chi connectivity index (χ2n) is 3.43. The van der Waals surface area contributed by atoms with Crippen molar-refractivity contribution < 1.29 is 22.7 Å². The molecule has 1 rings (SSSR count). The number of hydrogen-bond donors (Lipinski definition) is 0. The van der Waals surface area contributed by atoms with Crippen LogP contribution in [-0.2, 0) is 4.74 Å². The van der Waals surface area contributed by atoms with Crippen molar-refractivity contribution in [1.29, 1.82) is 0 Å². The molecule has 0 saturated heterocycles. The molecule has 0 aliphatic rings. The van der Waals surface area contributed by atoms with Crippen LogP contribution in [0.3, 0.4) is 0 Å². The SMILES string of the molecule is CC(OCC(=O)c1cccc(Cl)c1)C(F)(F)F. The summed E-state index contributed by atoms with van der Waals surface area (Å²) in [6.07, 6.45) is -6.43. The van der Waals surface area contributed by atoms with Crippen molar-refractivity contribution in [1.82, 2.24) is 0 Å². The van der Waals surface area contributed by atoms with Gasteiger partial charge in [-0.15, -0.1) is 0 Å². The van der Waals surface area contributed by atoms with Gasteiger partial charge < -0.3 is 4.74 Å². The summed E-state index contributed by atoms with van der Waals surface area (Å²) in [4.78, 5) is 11.5. The van der Waals surface area contributed by atoms with Crippen molar-refractivity contribution in [2.45, 2.75) is 19.2 Å². The topological polar surface area (TPSA) is 26.3 Å². The fourth-order valence-corrected chi connectivity index (χ4v) is 1.23. The van der Waals surface area contributed by atoms with E-state index in [4.69, 9.17) is 11.6 Å². The maximum Gasteiger partial charge on any atom is 0.414 e. The van der Waals surface area contributed by atoms with E-state index in [-0.39, 0.29) is 5.56 Å². The second kappa shape index (κ2) is 5.51. The van der Waals surface area contributed by atoms with Crippen LogP contribution in [0, 0.1) is 0 Å². The summed E-state index contributed by atoms with van der Waals surface area (Å²) in [6, 6.07) is 5.96. The summed E-state index contributed by atoms with van der Waals surface area (Å²) in [5, 5.41) is 0.347. The summed E-state index contributed by atoms with van der Waals surface area (Å²) < 4.78 is 40.8. The molecule has 0 bridgehead atoms. The van der Waals surface area contributed by atoms with E-state index in [0.717, 1.165) is 6.92 Å². The molecule has 0 radical (unpaired) electrons. The molecule has 0 N–H and O–H groups in total. The molecule has 94 valence electrons. The average molecular weight is 267 g/mol. The number of carbonyl (C=O) groups excluding carboxylic acids is 1. The molecule has 0 aliphatic carbocycles. The average Bonchev–Trinajstić information content (AvgIpc) is 2.24. The molecule has 2 nitrogen and oxygen atoms in total. The van der Waals surface area contributed by atoms with Crippen LogP contribution >= 0.6 is 11.6 Å². The smallest absolute Gasteiger partial charge is 0.361 e. The highest BCUT2D eigenvalue weighted by atomic mass is 35.5. The number of rotatable bonds is 4. The first kappa shape index (κ1) is 14.0. The first-order chi connectivity index (χ1) is 7.80. The van der Waals surface area contributed by atoms with Crippen LogP contribution in [0.5, 0.6) is 0 Å². The van der Waals surface area contributed by atoms with E-state index < -0.39 is 24.7 Å². The Morgan fingerprint density at radius 2 is 2.12 bits per heavy atom. The molecular formula is C11H10ClF3O2. The van der Waals surface area contributed by atoms with Crippen molar-refractivity contribution in [2.75, 3.05) is 6.61 Å². The van der Waals surface area contributed by atoms with Gasteiger partial charge in [0.2, 0.25) is 0 Å². The Balaban J connectivity index is 2.57. The van der Waals surface area contributed by atoms with Gasteiger partial charge in [-0.3, -0.25) is 4.79 Å². The zero-order valence-electron chi connectivity index (χ0n) is 8.92. The lowest BCUT2D eigenvalue weighted by molar-refractivity contribution is -0.210. The number of alkyl halides is 3. The van der Waals surface area contributed by atoms with Gasteiger partial charge in [-0.25, -0.2) is 0 Å². The third kappa shape index (κ3) is 4.36. The lowest BCUT2D eigenvalue weighted by atomic mass is 10.1. The summed E-state index contributed by atoms with van der Waals surface area (Å²) in [5.74, 6) is -0.538. The number of benzene rings is 1. The van der Waals surface area contributed by atoms with E-state index in [0.29, 0.717) is 5.02 Å². The van der Waals surface area contributed by atoms with Crippen LogP contribution < -0.4 is 0 Å². The highest BCUT2D eigenvalue weighted by Crippen LogP contribution is 2.22. The highest BCUT2D eigenvalue weighted by molar-refractivity contribution is 6.31. The van der Waals surface area contributed by atoms with Gasteiger partial charge in [0.05, 0.1) is 0 Å². The molecule has 0 aliphatic heterocycles. The Bertz CT molecular complexity index is 404. The molecule has 0 aromatic heterocycles. The minimum absolute atomic E-state index is 0.229. The molecule has 0 heterocycles. The molecule has 6 heteroatoms. The Hall–Kier alpha value is -1.07. The lowest BCUT2D eigenvalue weighted by Gasteiger charge is -2.15. The van der Waals surface area contributed by atoms with Gasteiger partial charge in [-0.05, 0) is 19.1 Å². The molecule has 1 unspecified atom stereocenters. The third-order valence-electron chi connectivity index (χ3n) is 2.07. The van der Waals surface area contributed by atoms with Crippen LogP contribution in [0.25, 0.3) is 0 Å². The number of hydrogen-bond acceptors (Lipinski definition) is 2. The minimum atomic E-state index is -4.46. The van der Waals surface area contributed by atoms with E-state index in [9.17, 15) is 18.0 Å². The van der Waals surface area contributed by atoms with Crippen molar-refractivity contribution in [2.24, 2.45) is 0 Å². The molecule has 17 heavy (non-hydrogen) atoms. The number of ketones is 1. The van der Waals surface area contributed by atoms with Crippen LogP contribution in [-0.4, -0.2) is 24.7 Å². The largest absolute Gasteiger partial charge is 0.414 e. The van der Waals surface area contributed by atoms with E-state index in [1.54, 1.807) is 12.1 Å². The standard InChI is InChI=1S/C11H10ClF3O2/c1-7(11(13,14)15)17-6-10(16)8-3-2-4-9(12)5-8/h2-5,7H,6H2,1H3. The van der Waals surface area contributed by atoms with Crippen LogP contribution in [0.15, 0.2) is 24.3 Å². The van der Waals surface area contributed by atoms with Gasteiger partial charge in [-0.2, -0.15) is 13.2 Å². The molecule has 0 amide bonds. The highest BCUT2D eigenvalue weighted by Gasteiger charge is 2.37. The zero-order valence-corrected chi connectivity index (χ0v) is 9.68. The van der Waals surface area contributed by atoms with Crippen LogP contribution in [0.2, 0.25) is 5.02 Å². The van der Waals surface area contributed by atoms with E-state index in [1.165, 1.54) is 12.1 Å². The fraction of sp³-hybridized carbons (Fsp3) is 0.364. The summed E-state index contributed by atoms with van der Waals surface area (Å²) >= 11 is 5.65. The number of halogens is 4. The Morgan fingerprint density at radius 1 is 1.47 bits per heavy atom. The Morgan fingerprint density at radius 3 is 2.65 bits per heavy atom. The first-order valence-corrected chi connectivity index (χ1v) is 5.15. The predicted octanol–water partition coefficient (Wildman–Crippen LogP) is 3.49. The molecule has 0 saturated carbocycles. The molecular weight excluding hydrogens is 257 g/mol. The third-order valence-corrected chi connectivity index (χ3v) is 2.31. The normalized spacial score (nSPS) is 13.5. The van der Waals surface area contributed by atoms with Crippen molar-refractivity contribution in [3.8, 4) is 0 Å². The van der Waals surface area contributed by atoms with Crippen molar-refractivity contribution in [3.05, 3.63) is 34.9 Å². The fourth-order valence-electron chi connectivity index (χ4n) is 1.04. The summed E-state index contributed by atoms with van der Waals surface area (Å²) in [6.45, 7) is 0.228. The lowest BCUT2D eigenvalue weighted by Crippen LogP contribution is -2.30. The number of carbonyl (C=O) groups is 1. The quantitative estimate of drug-likeness (QED) is 0.780. The summed E-state index contributed by atoms with van der Waals surface area (Å²) in [7, 11) is 0. The molecule has 0 fully saturated rings. The number of Topliss-reactive ketones (excluding diaryl/α,β-unsaturated/α-hetero) is 1. The molecule has 1 aromatic rings.